The van der Waals surface area contributed by atoms with Gasteiger partial charge in [0.2, 0.25) is 0 Å². The molecule has 0 aromatic rings. The van der Waals surface area contributed by atoms with E-state index in [-0.39, 0.29) is 23.8 Å². The SMILES string of the molecule is COC(=O)[C@]12C/C=C\C(OC(C)=O)CCCCCCC[C@@H]1CCCC2=O. The van der Waals surface area contributed by atoms with E-state index >= 15 is 0 Å². The molecule has 0 heterocycles. The van der Waals surface area contributed by atoms with E-state index in [2.05, 4.69) is 0 Å². The fraction of sp³-hybridized carbons (Fsp3) is 0.762. The van der Waals surface area contributed by atoms with Crippen molar-refractivity contribution >= 4 is 17.7 Å². The number of fused-ring (bicyclic) bond motifs is 1. The van der Waals surface area contributed by atoms with Gasteiger partial charge in [-0.3, -0.25) is 14.4 Å². The van der Waals surface area contributed by atoms with Gasteiger partial charge in [0, 0.05) is 13.3 Å². The second kappa shape index (κ2) is 9.89. The molecular weight excluding hydrogens is 332 g/mol. The topological polar surface area (TPSA) is 69.7 Å². The summed E-state index contributed by atoms with van der Waals surface area (Å²) in [5, 5.41) is 0. The van der Waals surface area contributed by atoms with Gasteiger partial charge in [0.05, 0.1) is 7.11 Å². The number of carbonyl (C=O) groups excluding carboxylic acids is 3. The molecule has 0 aromatic heterocycles. The summed E-state index contributed by atoms with van der Waals surface area (Å²) in [5.41, 5.74) is -1.07. The first-order valence-electron chi connectivity index (χ1n) is 9.96. The van der Waals surface area contributed by atoms with Gasteiger partial charge in [-0.25, -0.2) is 0 Å². The van der Waals surface area contributed by atoms with Gasteiger partial charge in [-0.05, 0) is 50.5 Å². The normalized spacial score (nSPS) is 32.2. The zero-order valence-electron chi connectivity index (χ0n) is 16.1. The lowest BCUT2D eigenvalue weighted by Gasteiger charge is -2.40. The largest absolute Gasteiger partial charge is 0.468 e. The molecule has 0 amide bonds. The van der Waals surface area contributed by atoms with Crippen molar-refractivity contribution in [3.8, 4) is 0 Å². The van der Waals surface area contributed by atoms with Crippen LogP contribution in [0.1, 0.15) is 77.6 Å². The highest BCUT2D eigenvalue weighted by atomic mass is 16.5. The van der Waals surface area contributed by atoms with Gasteiger partial charge in [0.25, 0.3) is 0 Å². The van der Waals surface area contributed by atoms with E-state index in [1.807, 2.05) is 12.2 Å². The molecule has 2 aliphatic rings. The van der Waals surface area contributed by atoms with Crippen LogP contribution in [0.25, 0.3) is 0 Å². The number of ether oxygens (including phenoxy) is 2. The second-order valence-electron chi connectivity index (χ2n) is 7.60. The number of carbonyl (C=O) groups is 3. The summed E-state index contributed by atoms with van der Waals surface area (Å²) in [6, 6.07) is 0. The Balaban J connectivity index is 2.29. The van der Waals surface area contributed by atoms with Crippen molar-refractivity contribution in [1.82, 2.24) is 0 Å². The number of ketones is 1. The zero-order chi connectivity index (χ0) is 19.0. The number of hydrogen-bond acceptors (Lipinski definition) is 5. The maximum Gasteiger partial charge on any atom is 0.319 e. The molecule has 2 aliphatic carbocycles. The van der Waals surface area contributed by atoms with Crippen LogP contribution in [0.5, 0.6) is 0 Å². The van der Waals surface area contributed by atoms with Crippen molar-refractivity contribution in [2.45, 2.75) is 83.7 Å². The molecule has 5 heteroatoms. The lowest BCUT2D eigenvalue weighted by molar-refractivity contribution is -0.164. The van der Waals surface area contributed by atoms with Crippen molar-refractivity contribution in [2.24, 2.45) is 11.3 Å². The first-order valence-corrected chi connectivity index (χ1v) is 9.96. The van der Waals surface area contributed by atoms with Crippen molar-refractivity contribution in [2.75, 3.05) is 7.11 Å². The molecule has 0 saturated heterocycles. The average Bonchev–Trinajstić information content (AvgIpc) is 2.62. The third-order valence-electron chi connectivity index (χ3n) is 5.85. The fourth-order valence-corrected chi connectivity index (χ4v) is 4.50. The smallest absolute Gasteiger partial charge is 0.319 e. The number of allylic oxidation sites excluding steroid dienone is 1. The van der Waals surface area contributed by atoms with Gasteiger partial charge in [0.15, 0.2) is 5.78 Å². The summed E-state index contributed by atoms with van der Waals surface area (Å²) in [6.07, 6.45) is 13.0. The van der Waals surface area contributed by atoms with E-state index in [0.717, 1.165) is 57.8 Å². The molecule has 146 valence electrons. The molecule has 0 radical (unpaired) electrons. The van der Waals surface area contributed by atoms with Crippen LogP contribution in [0.4, 0.5) is 0 Å². The van der Waals surface area contributed by atoms with E-state index in [4.69, 9.17) is 9.47 Å². The highest BCUT2D eigenvalue weighted by Gasteiger charge is 2.52. The molecule has 26 heavy (non-hydrogen) atoms. The fourth-order valence-electron chi connectivity index (χ4n) is 4.50. The highest BCUT2D eigenvalue weighted by molar-refractivity contribution is 6.04. The molecule has 1 saturated carbocycles. The summed E-state index contributed by atoms with van der Waals surface area (Å²) < 4.78 is 10.5. The number of methoxy groups -OCH3 is 1. The van der Waals surface area contributed by atoms with Crippen LogP contribution in [0.15, 0.2) is 12.2 Å². The summed E-state index contributed by atoms with van der Waals surface area (Å²) in [5.74, 6) is -0.674. The Morgan fingerprint density at radius 3 is 2.38 bits per heavy atom. The lowest BCUT2D eigenvalue weighted by atomic mass is 9.62. The zero-order valence-corrected chi connectivity index (χ0v) is 16.1. The number of rotatable bonds is 2. The van der Waals surface area contributed by atoms with Crippen LogP contribution in [-0.4, -0.2) is 30.9 Å². The Morgan fingerprint density at radius 2 is 1.69 bits per heavy atom. The summed E-state index contributed by atoms with van der Waals surface area (Å²) >= 11 is 0. The summed E-state index contributed by atoms with van der Waals surface area (Å²) in [7, 11) is 1.36. The van der Waals surface area contributed by atoms with E-state index in [1.54, 1.807) is 0 Å². The second-order valence-corrected chi connectivity index (χ2v) is 7.60. The molecule has 0 bridgehead atoms. The van der Waals surface area contributed by atoms with Gasteiger partial charge in [-0.2, -0.15) is 0 Å². The van der Waals surface area contributed by atoms with Crippen LogP contribution in [0, 0.1) is 11.3 Å². The lowest BCUT2D eigenvalue weighted by Crippen LogP contribution is -2.48. The highest BCUT2D eigenvalue weighted by Crippen LogP contribution is 2.45. The Kier molecular flexibility index (Phi) is 7.85. The number of esters is 2. The van der Waals surface area contributed by atoms with Crippen LogP contribution in [-0.2, 0) is 23.9 Å². The van der Waals surface area contributed by atoms with E-state index in [0.29, 0.717) is 12.8 Å². The Morgan fingerprint density at radius 1 is 1.04 bits per heavy atom. The Hall–Kier alpha value is -1.65. The third-order valence-corrected chi connectivity index (χ3v) is 5.85. The predicted octanol–water partition coefficient (Wildman–Crippen LogP) is 4.14. The molecule has 0 aliphatic heterocycles. The quantitative estimate of drug-likeness (QED) is 0.418. The third kappa shape index (κ3) is 4.95. The maximum absolute atomic E-state index is 12.9. The molecule has 0 N–H and O–H groups in total. The molecular formula is C21H32O5. The van der Waals surface area contributed by atoms with E-state index < -0.39 is 11.4 Å². The molecule has 5 nitrogen and oxygen atoms in total. The summed E-state index contributed by atoms with van der Waals surface area (Å²) in [4.78, 5) is 36.9. The summed E-state index contributed by atoms with van der Waals surface area (Å²) in [6.45, 7) is 1.41. The van der Waals surface area contributed by atoms with Crippen LogP contribution in [0.2, 0.25) is 0 Å². The maximum atomic E-state index is 12.9. The minimum atomic E-state index is -1.07. The minimum Gasteiger partial charge on any atom is -0.468 e. The van der Waals surface area contributed by atoms with Crippen molar-refractivity contribution < 1.29 is 23.9 Å². The van der Waals surface area contributed by atoms with Gasteiger partial charge in [0.1, 0.15) is 11.5 Å². The Labute approximate surface area is 156 Å². The standard InChI is InChI=1S/C21H32O5/c1-16(22)26-18-12-7-5-3-4-6-10-17-11-8-14-19(23)21(17,15-9-13-18)20(24)25-2/h9,13,17-18H,3-8,10-12,14-15H2,1-2H3/b13-9-/t17-,18?,21-/m1/s1. The molecule has 0 aromatic carbocycles. The van der Waals surface area contributed by atoms with Crippen molar-refractivity contribution in [1.29, 1.82) is 0 Å². The molecule has 1 fully saturated rings. The van der Waals surface area contributed by atoms with Gasteiger partial charge in [-0.1, -0.05) is 31.8 Å². The van der Waals surface area contributed by atoms with Crippen LogP contribution in [0.3, 0.4) is 0 Å². The van der Waals surface area contributed by atoms with Crippen molar-refractivity contribution in [3.63, 3.8) is 0 Å². The monoisotopic (exact) mass is 364 g/mol. The van der Waals surface area contributed by atoms with Gasteiger partial charge in [-0.15, -0.1) is 0 Å². The number of hydrogen-bond donors (Lipinski definition) is 0. The van der Waals surface area contributed by atoms with Crippen LogP contribution < -0.4 is 0 Å². The molecule has 3 atom stereocenters. The van der Waals surface area contributed by atoms with E-state index in [1.165, 1.54) is 14.0 Å². The molecule has 2 rings (SSSR count). The Bertz CT molecular complexity index is 529. The first kappa shape index (κ1) is 20.7. The first-order chi connectivity index (χ1) is 12.5. The molecule has 0 spiro atoms. The van der Waals surface area contributed by atoms with Crippen molar-refractivity contribution in [3.05, 3.63) is 12.2 Å². The minimum absolute atomic E-state index is 0.00385. The van der Waals surface area contributed by atoms with Gasteiger partial charge < -0.3 is 9.47 Å². The van der Waals surface area contributed by atoms with Gasteiger partial charge >= 0.3 is 11.9 Å². The average molecular weight is 364 g/mol. The predicted molar refractivity (Wildman–Crippen MR) is 98.4 cm³/mol. The molecule has 1 unspecified atom stereocenters. The van der Waals surface area contributed by atoms with Crippen LogP contribution >= 0.6 is 0 Å². The van der Waals surface area contributed by atoms with E-state index in [9.17, 15) is 14.4 Å². The number of Topliss-reactive ketones (excluding diaryl/α,β-unsaturated/α-hetero) is 1.